The summed E-state index contributed by atoms with van der Waals surface area (Å²) in [6, 6.07) is 5.47. The van der Waals surface area contributed by atoms with Crippen molar-refractivity contribution >= 4 is 17.0 Å². The highest BCUT2D eigenvalue weighted by molar-refractivity contribution is 5.92. The number of carboxylic acids is 1. The van der Waals surface area contributed by atoms with Crippen LogP contribution in [0.15, 0.2) is 24.5 Å². The van der Waals surface area contributed by atoms with Crippen LogP contribution < -0.4 is 0 Å². The molecule has 0 aliphatic rings. The Morgan fingerprint density at radius 1 is 1.38 bits per heavy atom. The summed E-state index contributed by atoms with van der Waals surface area (Å²) in [6.07, 6.45) is 2.89. The summed E-state index contributed by atoms with van der Waals surface area (Å²) in [5.41, 5.74) is 2.01. The van der Waals surface area contributed by atoms with Crippen molar-refractivity contribution in [2.75, 3.05) is 20.6 Å². The van der Waals surface area contributed by atoms with Crippen molar-refractivity contribution < 1.29 is 9.90 Å². The zero-order chi connectivity index (χ0) is 15.6. The van der Waals surface area contributed by atoms with Crippen LogP contribution in [0.4, 0.5) is 0 Å². The lowest BCUT2D eigenvalue weighted by atomic mass is 10.0. The predicted octanol–water partition coefficient (Wildman–Crippen LogP) is 2.88. The summed E-state index contributed by atoms with van der Waals surface area (Å²) in [6.45, 7) is 5.36. The number of imidazole rings is 1. The van der Waals surface area contributed by atoms with Gasteiger partial charge < -0.3 is 14.6 Å². The second-order valence-corrected chi connectivity index (χ2v) is 6.21. The van der Waals surface area contributed by atoms with Gasteiger partial charge in [0.25, 0.3) is 0 Å². The maximum atomic E-state index is 11.0. The summed E-state index contributed by atoms with van der Waals surface area (Å²) < 4.78 is 2.17. The number of carboxylic acid groups (broad SMARTS) is 1. The monoisotopic (exact) mass is 289 g/mol. The molecule has 114 valence electrons. The molecule has 1 aromatic heterocycles. The fraction of sp³-hybridized carbons (Fsp3) is 0.500. The molecule has 2 aromatic rings. The third-order valence-electron chi connectivity index (χ3n) is 3.53. The third kappa shape index (κ3) is 3.61. The van der Waals surface area contributed by atoms with Crippen molar-refractivity contribution in [3.8, 4) is 0 Å². The van der Waals surface area contributed by atoms with Gasteiger partial charge in [-0.25, -0.2) is 9.78 Å². The van der Waals surface area contributed by atoms with Gasteiger partial charge in [-0.2, -0.15) is 0 Å². The van der Waals surface area contributed by atoms with E-state index in [-0.39, 0.29) is 5.56 Å². The van der Waals surface area contributed by atoms with Gasteiger partial charge in [0.15, 0.2) is 0 Å². The lowest BCUT2D eigenvalue weighted by Gasteiger charge is -2.24. The van der Waals surface area contributed by atoms with Crippen molar-refractivity contribution in [1.82, 2.24) is 14.5 Å². The van der Waals surface area contributed by atoms with E-state index in [0.29, 0.717) is 12.0 Å². The number of benzene rings is 1. The number of aromatic nitrogens is 2. The Morgan fingerprint density at radius 3 is 2.67 bits per heavy atom. The molecule has 5 nitrogen and oxygen atoms in total. The van der Waals surface area contributed by atoms with E-state index >= 15 is 0 Å². The number of fused-ring (bicyclic) bond motifs is 1. The van der Waals surface area contributed by atoms with Gasteiger partial charge in [-0.1, -0.05) is 13.8 Å². The quantitative estimate of drug-likeness (QED) is 0.888. The van der Waals surface area contributed by atoms with Crippen LogP contribution in [0.1, 0.15) is 36.7 Å². The van der Waals surface area contributed by atoms with Crippen molar-refractivity contribution in [2.24, 2.45) is 5.92 Å². The van der Waals surface area contributed by atoms with Crippen LogP contribution in [-0.4, -0.2) is 46.2 Å². The summed E-state index contributed by atoms with van der Waals surface area (Å²) in [5, 5.41) is 9.06. The van der Waals surface area contributed by atoms with Crippen molar-refractivity contribution in [3.05, 3.63) is 30.1 Å². The number of rotatable bonds is 6. The SMILES string of the molecule is CC(C)CC(CN(C)C)n1cnc2cc(C(=O)O)ccc21. The number of carbonyl (C=O) groups is 1. The summed E-state index contributed by atoms with van der Waals surface area (Å²) in [4.78, 5) is 17.6. The van der Waals surface area contributed by atoms with E-state index in [0.717, 1.165) is 24.0 Å². The Labute approximate surface area is 125 Å². The minimum absolute atomic E-state index is 0.278. The van der Waals surface area contributed by atoms with Crippen LogP contribution in [0, 0.1) is 5.92 Å². The van der Waals surface area contributed by atoms with Gasteiger partial charge in [-0.3, -0.25) is 0 Å². The molecule has 0 saturated carbocycles. The second kappa shape index (κ2) is 6.26. The Hall–Kier alpha value is -1.88. The minimum atomic E-state index is -0.918. The maximum Gasteiger partial charge on any atom is 0.335 e. The van der Waals surface area contributed by atoms with Crippen LogP contribution in [-0.2, 0) is 0 Å². The zero-order valence-electron chi connectivity index (χ0n) is 13.1. The molecule has 0 amide bonds. The van der Waals surface area contributed by atoms with Gasteiger partial charge in [-0.15, -0.1) is 0 Å². The first-order chi connectivity index (χ1) is 9.88. The molecule has 0 saturated heterocycles. The molecule has 5 heteroatoms. The molecule has 21 heavy (non-hydrogen) atoms. The first-order valence-electron chi connectivity index (χ1n) is 7.23. The van der Waals surface area contributed by atoms with E-state index in [1.54, 1.807) is 12.1 Å². The largest absolute Gasteiger partial charge is 0.478 e. The van der Waals surface area contributed by atoms with E-state index in [1.165, 1.54) is 0 Å². The van der Waals surface area contributed by atoms with Gasteiger partial charge in [0.2, 0.25) is 0 Å². The summed E-state index contributed by atoms with van der Waals surface area (Å²) in [5.74, 6) is -0.329. The van der Waals surface area contributed by atoms with Gasteiger partial charge in [0, 0.05) is 12.6 Å². The lowest BCUT2D eigenvalue weighted by molar-refractivity contribution is 0.0697. The molecule has 0 bridgehead atoms. The number of likely N-dealkylation sites (N-methyl/N-ethyl adjacent to an activating group) is 1. The molecule has 1 aromatic carbocycles. The van der Waals surface area contributed by atoms with Crippen LogP contribution in [0.2, 0.25) is 0 Å². The lowest BCUT2D eigenvalue weighted by Crippen LogP contribution is -2.25. The highest BCUT2D eigenvalue weighted by Crippen LogP contribution is 2.24. The fourth-order valence-electron chi connectivity index (χ4n) is 2.70. The zero-order valence-corrected chi connectivity index (χ0v) is 13.1. The van der Waals surface area contributed by atoms with Crippen LogP contribution in [0.3, 0.4) is 0 Å². The first-order valence-corrected chi connectivity index (χ1v) is 7.23. The molecule has 2 rings (SSSR count). The van der Waals surface area contributed by atoms with Crippen molar-refractivity contribution in [2.45, 2.75) is 26.3 Å². The molecular weight excluding hydrogens is 266 g/mol. The molecule has 1 N–H and O–H groups in total. The normalized spacial score (nSPS) is 13.2. The van der Waals surface area contributed by atoms with Gasteiger partial charge in [-0.05, 0) is 44.6 Å². The number of hydrogen-bond donors (Lipinski definition) is 1. The average Bonchev–Trinajstić information content (AvgIpc) is 2.79. The first kappa shape index (κ1) is 15.5. The predicted molar refractivity (Wildman–Crippen MR) is 83.7 cm³/mol. The van der Waals surface area contributed by atoms with E-state index in [1.807, 2.05) is 12.4 Å². The van der Waals surface area contributed by atoms with Crippen molar-refractivity contribution in [1.29, 1.82) is 0 Å². The fourth-order valence-corrected chi connectivity index (χ4v) is 2.70. The minimum Gasteiger partial charge on any atom is -0.478 e. The highest BCUT2D eigenvalue weighted by atomic mass is 16.4. The molecule has 0 aliphatic carbocycles. The Kier molecular flexibility index (Phi) is 4.63. The molecule has 1 unspecified atom stereocenters. The Bertz CT molecular complexity index is 621. The van der Waals surface area contributed by atoms with Crippen LogP contribution in [0.5, 0.6) is 0 Å². The van der Waals surface area contributed by atoms with Gasteiger partial charge in [0.1, 0.15) is 0 Å². The molecule has 0 radical (unpaired) electrons. The van der Waals surface area contributed by atoms with Crippen molar-refractivity contribution in [3.63, 3.8) is 0 Å². The topological polar surface area (TPSA) is 58.4 Å². The summed E-state index contributed by atoms with van der Waals surface area (Å²) >= 11 is 0. The van der Waals surface area contributed by atoms with Gasteiger partial charge in [0.05, 0.1) is 22.9 Å². The maximum absolute atomic E-state index is 11.0. The molecule has 1 atom stereocenters. The van der Waals surface area contributed by atoms with E-state index < -0.39 is 5.97 Å². The number of nitrogens with zero attached hydrogens (tertiary/aromatic N) is 3. The van der Waals surface area contributed by atoms with E-state index in [4.69, 9.17) is 5.11 Å². The second-order valence-electron chi connectivity index (χ2n) is 6.21. The number of aromatic carboxylic acids is 1. The molecular formula is C16H23N3O2. The molecule has 0 aliphatic heterocycles. The number of hydrogen-bond acceptors (Lipinski definition) is 3. The summed E-state index contributed by atoms with van der Waals surface area (Å²) in [7, 11) is 4.13. The van der Waals surface area contributed by atoms with Crippen LogP contribution >= 0.6 is 0 Å². The van der Waals surface area contributed by atoms with E-state index in [2.05, 4.69) is 42.4 Å². The van der Waals surface area contributed by atoms with E-state index in [9.17, 15) is 4.79 Å². The van der Waals surface area contributed by atoms with Crippen LogP contribution in [0.25, 0.3) is 11.0 Å². The Morgan fingerprint density at radius 2 is 2.10 bits per heavy atom. The standard InChI is InChI=1S/C16H23N3O2/c1-11(2)7-13(9-18(3)4)19-10-17-14-8-12(16(20)21)5-6-15(14)19/h5-6,8,10-11,13H,7,9H2,1-4H3,(H,20,21). The molecule has 0 spiro atoms. The molecule has 0 fully saturated rings. The van der Waals surface area contributed by atoms with Gasteiger partial charge >= 0.3 is 5.97 Å². The molecule has 1 heterocycles. The average molecular weight is 289 g/mol. The Balaban J connectivity index is 2.40. The highest BCUT2D eigenvalue weighted by Gasteiger charge is 2.17. The smallest absolute Gasteiger partial charge is 0.335 e. The third-order valence-corrected chi connectivity index (χ3v) is 3.53.